The number of aromatic nitrogens is 1. The number of nitrogens with one attached hydrogen (secondary N) is 1. The molecule has 0 radical (unpaired) electrons. The van der Waals surface area contributed by atoms with Crippen LogP contribution in [-0.4, -0.2) is 38.3 Å². The molecule has 1 heterocycles. The molecule has 114 valence electrons. The molecule has 1 N–H and O–H groups in total. The normalized spacial score (nSPS) is 14.1. The minimum absolute atomic E-state index is 0.341. The van der Waals surface area contributed by atoms with Crippen LogP contribution < -0.4 is 10.2 Å². The van der Waals surface area contributed by atoms with Crippen molar-refractivity contribution in [2.75, 3.05) is 32.2 Å². The number of likely N-dealkylation sites (N-methyl/N-ethyl adjacent to an activating group) is 1. The second-order valence-electron chi connectivity index (χ2n) is 5.27. The molecule has 2 atom stereocenters. The third-order valence-electron chi connectivity index (χ3n) is 3.65. The first-order valence-electron chi connectivity index (χ1n) is 7.55. The third kappa shape index (κ3) is 4.76. The van der Waals surface area contributed by atoms with Gasteiger partial charge in [-0.2, -0.15) is 0 Å². The van der Waals surface area contributed by atoms with Gasteiger partial charge in [-0.25, -0.2) is 0 Å². The number of ether oxygens (including phenoxy) is 1. The molecule has 0 amide bonds. The van der Waals surface area contributed by atoms with Gasteiger partial charge in [0.05, 0.1) is 24.2 Å². The number of methoxy groups -OCH3 is 1. The van der Waals surface area contributed by atoms with Crippen LogP contribution in [0.3, 0.4) is 0 Å². The van der Waals surface area contributed by atoms with Gasteiger partial charge in [0.15, 0.2) is 0 Å². The van der Waals surface area contributed by atoms with Gasteiger partial charge in [-0.05, 0) is 38.4 Å². The molecule has 0 saturated heterocycles. The fourth-order valence-electron chi connectivity index (χ4n) is 2.20. The second kappa shape index (κ2) is 8.93. The van der Waals surface area contributed by atoms with Crippen LogP contribution in [0.25, 0.3) is 0 Å². The van der Waals surface area contributed by atoms with Crippen molar-refractivity contribution < 1.29 is 4.74 Å². The SMILES string of the molecule is CCCNC(CC)c1ccc(N(C)C(C)COC)cn1. The van der Waals surface area contributed by atoms with E-state index >= 15 is 0 Å². The molecule has 0 saturated carbocycles. The summed E-state index contributed by atoms with van der Waals surface area (Å²) in [5.41, 5.74) is 2.25. The average Bonchev–Trinajstić information content (AvgIpc) is 2.48. The number of hydrogen-bond acceptors (Lipinski definition) is 4. The Balaban J connectivity index is 2.71. The van der Waals surface area contributed by atoms with Gasteiger partial charge in [-0.15, -0.1) is 0 Å². The predicted molar refractivity (Wildman–Crippen MR) is 85.3 cm³/mol. The summed E-state index contributed by atoms with van der Waals surface area (Å²) in [5.74, 6) is 0. The Labute approximate surface area is 123 Å². The summed E-state index contributed by atoms with van der Waals surface area (Å²) < 4.78 is 5.20. The molecule has 2 unspecified atom stereocenters. The van der Waals surface area contributed by atoms with Crippen molar-refractivity contribution in [2.24, 2.45) is 0 Å². The van der Waals surface area contributed by atoms with Crippen LogP contribution in [0.5, 0.6) is 0 Å². The van der Waals surface area contributed by atoms with Gasteiger partial charge in [-0.1, -0.05) is 13.8 Å². The molecule has 0 aliphatic heterocycles. The van der Waals surface area contributed by atoms with Gasteiger partial charge < -0.3 is 15.0 Å². The van der Waals surface area contributed by atoms with E-state index in [2.05, 4.69) is 55.2 Å². The number of rotatable bonds is 9. The molecule has 4 nitrogen and oxygen atoms in total. The highest BCUT2D eigenvalue weighted by Gasteiger charge is 2.13. The summed E-state index contributed by atoms with van der Waals surface area (Å²) in [6.45, 7) is 8.27. The molecule has 0 fully saturated rings. The summed E-state index contributed by atoms with van der Waals surface area (Å²) in [4.78, 5) is 6.82. The van der Waals surface area contributed by atoms with E-state index in [4.69, 9.17) is 4.74 Å². The summed E-state index contributed by atoms with van der Waals surface area (Å²) >= 11 is 0. The van der Waals surface area contributed by atoms with E-state index in [0.29, 0.717) is 18.7 Å². The first-order valence-corrected chi connectivity index (χ1v) is 7.55. The zero-order valence-electron chi connectivity index (χ0n) is 13.5. The lowest BCUT2D eigenvalue weighted by molar-refractivity contribution is 0.183. The average molecular weight is 279 g/mol. The smallest absolute Gasteiger partial charge is 0.0663 e. The Bertz CT molecular complexity index is 345. The molecule has 0 spiro atoms. The molecule has 20 heavy (non-hydrogen) atoms. The fourth-order valence-corrected chi connectivity index (χ4v) is 2.20. The van der Waals surface area contributed by atoms with Crippen molar-refractivity contribution in [1.29, 1.82) is 0 Å². The van der Waals surface area contributed by atoms with E-state index in [-0.39, 0.29) is 0 Å². The number of nitrogens with zero attached hydrogens (tertiary/aromatic N) is 2. The van der Waals surface area contributed by atoms with Gasteiger partial charge in [0.25, 0.3) is 0 Å². The number of pyridine rings is 1. The van der Waals surface area contributed by atoms with Crippen LogP contribution >= 0.6 is 0 Å². The molecule has 0 aliphatic rings. The van der Waals surface area contributed by atoms with Gasteiger partial charge in [0.1, 0.15) is 0 Å². The molecule has 1 aromatic heterocycles. The van der Waals surface area contributed by atoms with Crippen LogP contribution in [0, 0.1) is 0 Å². The summed E-state index contributed by atoms with van der Waals surface area (Å²) in [6, 6.07) is 4.96. The minimum Gasteiger partial charge on any atom is -0.383 e. The quantitative estimate of drug-likeness (QED) is 0.754. The lowest BCUT2D eigenvalue weighted by Crippen LogP contribution is -2.32. The standard InChI is InChI=1S/C16H29N3O/c1-6-10-17-15(7-2)16-9-8-14(11-18-16)19(4)13(3)12-20-5/h8-9,11,13,15,17H,6-7,10,12H2,1-5H3. The number of anilines is 1. The van der Waals surface area contributed by atoms with Crippen molar-refractivity contribution >= 4 is 5.69 Å². The predicted octanol–water partition coefficient (Wildman–Crippen LogP) is 3.00. The van der Waals surface area contributed by atoms with Crippen molar-refractivity contribution in [3.63, 3.8) is 0 Å². The summed E-state index contributed by atoms with van der Waals surface area (Å²) in [7, 11) is 3.81. The molecular weight excluding hydrogens is 250 g/mol. The fraction of sp³-hybridized carbons (Fsp3) is 0.688. The largest absolute Gasteiger partial charge is 0.383 e. The van der Waals surface area contributed by atoms with Crippen LogP contribution in [0.15, 0.2) is 18.3 Å². The zero-order chi connectivity index (χ0) is 15.0. The summed E-state index contributed by atoms with van der Waals surface area (Å²) in [5, 5.41) is 3.53. The van der Waals surface area contributed by atoms with Gasteiger partial charge in [0, 0.05) is 26.2 Å². The zero-order valence-corrected chi connectivity index (χ0v) is 13.5. The first-order chi connectivity index (χ1) is 9.63. The molecule has 1 rings (SSSR count). The highest BCUT2D eigenvalue weighted by Crippen LogP contribution is 2.19. The van der Waals surface area contributed by atoms with Crippen molar-refractivity contribution in [2.45, 2.75) is 45.7 Å². The Hall–Kier alpha value is -1.13. The second-order valence-corrected chi connectivity index (χ2v) is 5.27. The van der Waals surface area contributed by atoms with Gasteiger partial charge in [-0.3, -0.25) is 4.98 Å². The monoisotopic (exact) mass is 279 g/mol. The van der Waals surface area contributed by atoms with E-state index < -0.39 is 0 Å². The van der Waals surface area contributed by atoms with E-state index in [1.807, 2.05) is 6.20 Å². The maximum atomic E-state index is 5.20. The van der Waals surface area contributed by atoms with E-state index in [0.717, 1.165) is 30.8 Å². The lowest BCUT2D eigenvalue weighted by Gasteiger charge is -2.26. The van der Waals surface area contributed by atoms with E-state index in [1.54, 1.807) is 7.11 Å². The Morgan fingerprint density at radius 2 is 2.10 bits per heavy atom. The maximum absolute atomic E-state index is 5.20. The molecule has 0 aromatic carbocycles. The third-order valence-corrected chi connectivity index (χ3v) is 3.65. The molecule has 0 bridgehead atoms. The Morgan fingerprint density at radius 1 is 1.35 bits per heavy atom. The Morgan fingerprint density at radius 3 is 2.60 bits per heavy atom. The number of hydrogen-bond donors (Lipinski definition) is 1. The van der Waals surface area contributed by atoms with Crippen LogP contribution in [-0.2, 0) is 4.74 Å². The molecule has 4 heteroatoms. The highest BCUT2D eigenvalue weighted by molar-refractivity contribution is 5.44. The van der Waals surface area contributed by atoms with Crippen molar-refractivity contribution in [1.82, 2.24) is 10.3 Å². The first kappa shape index (κ1) is 16.9. The molecule has 0 aliphatic carbocycles. The van der Waals surface area contributed by atoms with Crippen molar-refractivity contribution in [3.05, 3.63) is 24.0 Å². The van der Waals surface area contributed by atoms with E-state index in [9.17, 15) is 0 Å². The van der Waals surface area contributed by atoms with Gasteiger partial charge >= 0.3 is 0 Å². The van der Waals surface area contributed by atoms with Crippen LogP contribution in [0.2, 0.25) is 0 Å². The van der Waals surface area contributed by atoms with Crippen LogP contribution in [0.1, 0.15) is 45.3 Å². The molecular formula is C16H29N3O. The topological polar surface area (TPSA) is 37.4 Å². The summed E-state index contributed by atoms with van der Waals surface area (Å²) in [6.07, 6.45) is 4.16. The van der Waals surface area contributed by atoms with Crippen molar-refractivity contribution in [3.8, 4) is 0 Å². The van der Waals surface area contributed by atoms with Crippen LogP contribution in [0.4, 0.5) is 5.69 Å². The van der Waals surface area contributed by atoms with Gasteiger partial charge in [0.2, 0.25) is 0 Å². The lowest BCUT2D eigenvalue weighted by atomic mass is 10.1. The maximum Gasteiger partial charge on any atom is 0.0663 e. The molecule has 1 aromatic rings. The van der Waals surface area contributed by atoms with E-state index in [1.165, 1.54) is 0 Å². The Kier molecular flexibility index (Phi) is 7.55. The minimum atomic E-state index is 0.341. The highest BCUT2D eigenvalue weighted by atomic mass is 16.5.